The second-order valence-corrected chi connectivity index (χ2v) is 13.5. The molecule has 0 spiro atoms. The van der Waals surface area contributed by atoms with Gasteiger partial charge in [-0.15, -0.1) is 0 Å². The number of alkyl halides is 2. The van der Waals surface area contributed by atoms with Crippen LogP contribution in [0.3, 0.4) is 0 Å². The predicted molar refractivity (Wildman–Crippen MR) is 161 cm³/mol. The molecule has 44 heavy (non-hydrogen) atoms. The molecular weight excluding hydrogens is 590 g/mol. The lowest BCUT2D eigenvalue weighted by Gasteiger charge is -2.25. The molecule has 3 aromatic heterocycles. The summed E-state index contributed by atoms with van der Waals surface area (Å²) in [5.74, 6) is 0.168. The Bertz CT molecular complexity index is 1760. The van der Waals surface area contributed by atoms with Crippen molar-refractivity contribution in [3.05, 3.63) is 64.6 Å². The second kappa shape index (κ2) is 12.4. The van der Waals surface area contributed by atoms with Gasteiger partial charge < -0.3 is 14.8 Å². The molecular formula is C31H36F2N6O4S. The topological polar surface area (TPSA) is 121 Å². The predicted octanol–water partition coefficient (Wildman–Crippen LogP) is 6.45. The fraction of sp³-hybridized carbons (Fsp3) is 0.484. The van der Waals surface area contributed by atoms with Gasteiger partial charge in [0, 0.05) is 31.6 Å². The lowest BCUT2D eigenvalue weighted by Crippen LogP contribution is -2.20. The van der Waals surface area contributed by atoms with E-state index in [2.05, 4.69) is 20.3 Å². The standard InChI is InChI=1S/C31H36F2N6O4S/c1-18-14-21(35-19(2)34-18)16-22-17-24(28-30(36-22)39(31(38-28)29(32)33)27-9-5-7-13-43-27)37-23-11-10-20(15-26(23)44(3,40)41)25-8-4-6-12-42-25/h10-11,14-15,17,25,27,29H,4-9,12-13,16H2,1-3H3,(H,36,37)/t25-,27?/m1/s1. The highest BCUT2D eigenvalue weighted by Crippen LogP contribution is 2.38. The third-order valence-corrected chi connectivity index (χ3v) is 9.11. The first-order valence-corrected chi connectivity index (χ1v) is 16.8. The van der Waals surface area contributed by atoms with Crippen LogP contribution in [0.5, 0.6) is 0 Å². The van der Waals surface area contributed by atoms with Gasteiger partial charge in [-0.25, -0.2) is 37.1 Å². The molecule has 0 radical (unpaired) electrons. The molecule has 2 saturated heterocycles. The number of nitrogens with one attached hydrogen (secondary N) is 1. The SMILES string of the molecule is Cc1cc(Cc2cc(Nc3ccc([C@H]4CCCCO4)cc3S(C)(=O)=O)c3nc(C(F)F)n(C4CCCCO4)c3n2)nc(C)n1. The number of fused-ring (bicyclic) bond motifs is 1. The third kappa shape index (κ3) is 6.45. The Kier molecular flexibility index (Phi) is 8.62. The van der Waals surface area contributed by atoms with Gasteiger partial charge >= 0.3 is 0 Å². The lowest BCUT2D eigenvalue weighted by molar-refractivity contribution is -0.0363. The zero-order chi connectivity index (χ0) is 31.0. The molecule has 1 unspecified atom stereocenters. The molecule has 0 aliphatic carbocycles. The minimum absolute atomic E-state index is 0.0851. The first-order chi connectivity index (χ1) is 21.1. The van der Waals surface area contributed by atoms with E-state index in [0.717, 1.165) is 55.3 Å². The smallest absolute Gasteiger partial charge is 0.295 e. The Morgan fingerprint density at radius 3 is 2.34 bits per heavy atom. The van der Waals surface area contributed by atoms with E-state index in [4.69, 9.17) is 14.5 Å². The summed E-state index contributed by atoms with van der Waals surface area (Å²) in [5.41, 5.74) is 3.95. The van der Waals surface area contributed by atoms with E-state index in [1.165, 1.54) is 4.57 Å². The number of hydrogen-bond acceptors (Lipinski definition) is 9. The Balaban J connectivity index is 1.50. The van der Waals surface area contributed by atoms with Crippen LogP contribution in [-0.2, 0) is 25.7 Å². The lowest BCUT2D eigenvalue weighted by atomic mass is 10.0. The highest BCUT2D eigenvalue weighted by molar-refractivity contribution is 7.90. The highest BCUT2D eigenvalue weighted by atomic mass is 32.2. The van der Waals surface area contributed by atoms with E-state index in [-0.39, 0.29) is 22.2 Å². The molecule has 2 fully saturated rings. The number of imidazole rings is 1. The summed E-state index contributed by atoms with van der Waals surface area (Å²) in [6.07, 6.45) is 2.76. The fourth-order valence-corrected chi connectivity index (χ4v) is 6.92. The molecule has 13 heteroatoms. The van der Waals surface area contributed by atoms with Crippen molar-refractivity contribution in [2.24, 2.45) is 0 Å². The molecule has 0 bridgehead atoms. The van der Waals surface area contributed by atoms with E-state index < -0.39 is 28.3 Å². The van der Waals surface area contributed by atoms with Crippen LogP contribution in [0.1, 0.15) is 91.6 Å². The van der Waals surface area contributed by atoms with Crippen molar-refractivity contribution in [3.63, 3.8) is 0 Å². The zero-order valence-electron chi connectivity index (χ0n) is 25.0. The van der Waals surface area contributed by atoms with Gasteiger partial charge in [-0.05, 0) is 82.2 Å². The molecule has 2 atom stereocenters. The van der Waals surface area contributed by atoms with Crippen LogP contribution in [0.2, 0.25) is 0 Å². The number of rotatable bonds is 8. The van der Waals surface area contributed by atoms with Crippen molar-refractivity contribution in [3.8, 4) is 0 Å². The van der Waals surface area contributed by atoms with Gasteiger partial charge in [-0.2, -0.15) is 0 Å². The summed E-state index contributed by atoms with van der Waals surface area (Å²) < 4.78 is 68.2. The maximum atomic E-state index is 14.5. The van der Waals surface area contributed by atoms with Crippen molar-refractivity contribution in [1.29, 1.82) is 0 Å². The molecule has 1 aromatic carbocycles. The average molecular weight is 627 g/mol. The normalized spacial score (nSPS) is 19.5. The highest BCUT2D eigenvalue weighted by Gasteiger charge is 2.29. The van der Waals surface area contributed by atoms with E-state index in [9.17, 15) is 17.2 Å². The number of nitrogens with zero attached hydrogens (tertiary/aromatic N) is 5. The number of anilines is 2. The number of hydrogen-bond donors (Lipinski definition) is 1. The number of ether oxygens (including phenoxy) is 2. The molecule has 4 aromatic rings. The minimum Gasteiger partial charge on any atom is -0.374 e. The van der Waals surface area contributed by atoms with Gasteiger partial charge in [0.05, 0.1) is 33.8 Å². The van der Waals surface area contributed by atoms with Crippen molar-refractivity contribution < 1.29 is 26.7 Å². The number of sulfone groups is 1. The number of benzene rings is 1. The molecule has 0 saturated carbocycles. The maximum Gasteiger partial charge on any atom is 0.295 e. The van der Waals surface area contributed by atoms with Crippen molar-refractivity contribution in [1.82, 2.24) is 24.5 Å². The summed E-state index contributed by atoms with van der Waals surface area (Å²) in [7, 11) is -3.69. The van der Waals surface area contributed by atoms with Crippen molar-refractivity contribution in [2.45, 2.75) is 82.4 Å². The van der Waals surface area contributed by atoms with E-state index in [1.54, 1.807) is 25.1 Å². The fourth-order valence-electron chi connectivity index (χ4n) is 6.05. The number of aromatic nitrogens is 5. The number of halogens is 2. The van der Waals surface area contributed by atoms with Crippen molar-refractivity contribution in [2.75, 3.05) is 24.8 Å². The Hall–Kier alpha value is -3.55. The molecule has 5 heterocycles. The number of pyridine rings is 1. The van der Waals surface area contributed by atoms with Crippen LogP contribution in [0, 0.1) is 13.8 Å². The molecule has 10 nitrogen and oxygen atoms in total. The van der Waals surface area contributed by atoms with E-state index >= 15 is 0 Å². The minimum atomic E-state index is -3.69. The van der Waals surface area contributed by atoms with Crippen LogP contribution in [0.25, 0.3) is 11.2 Å². The largest absolute Gasteiger partial charge is 0.374 e. The van der Waals surface area contributed by atoms with Gasteiger partial charge in [0.1, 0.15) is 17.6 Å². The van der Waals surface area contributed by atoms with Crippen LogP contribution in [0.15, 0.2) is 35.2 Å². The van der Waals surface area contributed by atoms with Crippen LogP contribution in [-0.4, -0.2) is 52.4 Å². The van der Waals surface area contributed by atoms with Gasteiger partial charge in [0.25, 0.3) is 6.43 Å². The third-order valence-electron chi connectivity index (χ3n) is 7.97. The first-order valence-electron chi connectivity index (χ1n) is 14.9. The molecule has 2 aliphatic heterocycles. The first kappa shape index (κ1) is 30.5. The summed E-state index contributed by atoms with van der Waals surface area (Å²) in [6.45, 7) is 4.76. The van der Waals surface area contributed by atoms with Crippen LogP contribution < -0.4 is 5.32 Å². The quantitative estimate of drug-likeness (QED) is 0.235. The number of aryl methyl sites for hydroxylation is 2. The summed E-state index contributed by atoms with van der Waals surface area (Å²) >= 11 is 0. The van der Waals surface area contributed by atoms with Crippen LogP contribution >= 0.6 is 0 Å². The maximum absolute atomic E-state index is 14.5. The second-order valence-electron chi connectivity index (χ2n) is 11.5. The van der Waals surface area contributed by atoms with Crippen molar-refractivity contribution >= 4 is 32.4 Å². The Labute approximate surface area is 255 Å². The van der Waals surface area contributed by atoms with E-state index in [1.807, 2.05) is 19.1 Å². The van der Waals surface area contributed by atoms with Gasteiger partial charge in [0.15, 0.2) is 21.3 Å². The molecule has 234 valence electrons. The summed E-state index contributed by atoms with van der Waals surface area (Å²) in [6, 6.07) is 8.75. The van der Waals surface area contributed by atoms with Gasteiger partial charge in [0.2, 0.25) is 0 Å². The molecule has 6 rings (SSSR count). The zero-order valence-corrected chi connectivity index (χ0v) is 25.8. The molecule has 0 amide bonds. The Morgan fingerprint density at radius 2 is 1.68 bits per heavy atom. The van der Waals surface area contributed by atoms with Gasteiger partial charge in [-0.3, -0.25) is 4.57 Å². The molecule has 2 aliphatic rings. The Morgan fingerprint density at radius 1 is 0.932 bits per heavy atom. The monoisotopic (exact) mass is 626 g/mol. The van der Waals surface area contributed by atoms with Gasteiger partial charge in [-0.1, -0.05) is 6.07 Å². The average Bonchev–Trinajstić information content (AvgIpc) is 3.37. The summed E-state index contributed by atoms with van der Waals surface area (Å²) in [5, 5.41) is 3.23. The van der Waals surface area contributed by atoms with Crippen LogP contribution in [0.4, 0.5) is 20.2 Å². The van der Waals surface area contributed by atoms with E-state index in [0.29, 0.717) is 48.9 Å². The summed E-state index contributed by atoms with van der Waals surface area (Å²) in [4.78, 5) is 18.1. The molecule has 1 N–H and O–H groups in total.